The Morgan fingerprint density at radius 2 is 1.60 bits per heavy atom. The van der Waals surface area contributed by atoms with Gasteiger partial charge in [-0.15, -0.1) is 0 Å². The van der Waals surface area contributed by atoms with Crippen LogP contribution >= 0.6 is 12.2 Å². The molecule has 0 radical (unpaired) electrons. The van der Waals surface area contributed by atoms with Gasteiger partial charge in [-0.3, -0.25) is 5.43 Å². The topological polar surface area (TPSA) is 67.3 Å². The van der Waals surface area contributed by atoms with Gasteiger partial charge in [0.25, 0.3) is 0 Å². The first-order valence-electron chi connectivity index (χ1n) is 11.8. The third-order valence-corrected chi connectivity index (χ3v) is 5.96. The lowest BCUT2D eigenvalue weighted by molar-refractivity contribution is -0.661. The highest BCUT2D eigenvalue weighted by molar-refractivity contribution is 7.80. The normalized spacial score (nSPS) is 12.0. The summed E-state index contributed by atoms with van der Waals surface area (Å²) < 4.78 is 70.4. The van der Waals surface area contributed by atoms with Gasteiger partial charge < -0.3 is 10.1 Å². The van der Waals surface area contributed by atoms with Crippen molar-refractivity contribution in [2.24, 2.45) is 12.1 Å². The molecule has 0 atom stereocenters. The smallest absolute Gasteiger partial charge is 0.426 e. The van der Waals surface area contributed by atoms with E-state index in [1.54, 1.807) is 24.2 Å². The van der Waals surface area contributed by atoms with E-state index in [0.717, 1.165) is 40.1 Å². The van der Waals surface area contributed by atoms with Crippen LogP contribution in [0.15, 0.2) is 78.2 Å². The standard InChI is InChI=1S/C27H23F5N6OS/c1-17-5-4-6-18(2)23(17)34-25(40)35-33-15-19-7-9-20(10-8-19)24-36-38(16-37(24)3)21-11-13-22(14-12-21)39-27(31,32)26(28,29)30/h4-16H,1-3H3,(H-,34,35,36,40)/p+1. The molecule has 2 N–H and O–H groups in total. The Kier molecular flexibility index (Phi) is 8.14. The Balaban J connectivity index is 1.40. The number of aryl methyl sites for hydroxylation is 3. The van der Waals surface area contributed by atoms with E-state index in [4.69, 9.17) is 12.2 Å². The minimum absolute atomic E-state index is 0.358. The molecule has 0 aliphatic heterocycles. The predicted octanol–water partition coefficient (Wildman–Crippen LogP) is 5.84. The highest BCUT2D eigenvalue weighted by Gasteiger charge is 2.61. The fourth-order valence-electron chi connectivity index (χ4n) is 3.71. The Labute approximate surface area is 231 Å². The average molecular weight is 576 g/mol. The van der Waals surface area contributed by atoms with Gasteiger partial charge in [0, 0.05) is 5.69 Å². The van der Waals surface area contributed by atoms with E-state index < -0.39 is 18.0 Å². The van der Waals surface area contributed by atoms with Crippen LogP contribution in [0.25, 0.3) is 17.1 Å². The van der Waals surface area contributed by atoms with E-state index in [0.29, 0.717) is 16.6 Å². The maximum Gasteiger partial charge on any atom is 0.499 e. The summed E-state index contributed by atoms with van der Waals surface area (Å²) in [6.07, 6.45) is -7.86. The third-order valence-electron chi connectivity index (χ3n) is 5.76. The molecular formula is C27H24F5N6OS+. The van der Waals surface area contributed by atoms with E-state index in [-0.39, 0.29) is 0 Å². The lowest BCUT2D eigenvalue weighted by Gasteiger charge is -2.19. The molecule has 7 nitrogen and oxygen atoms in total. The number of hydrogen-bond acceptors (Lipinski definition) is 4. The molecule has 0 unspecified atom stereocenters. The van der Waals surface area contributed by atoms with Crippen LogP contribution < -0.4 is 20.0 Å². The number of nitrogens with one attached hydrogen (secondary N) is 2. The fourth-order valence-corrected chi connectivity index (χ4v) is 3.87. The van der Waals surface area contributed by atoms with Crippen molar-refractivity contribution >= 4 is 29.2 Å². The van der Waals surface area contributed by atoms with Crippen molar-refractivity contribution in [2.75, 3.05) is 5.32 Å². The van der Waals surface area contributed by atoms with Crippen LogP contribution in [0.4, 0.5) is 27.6 Å². The van der Waals surface area contributed by atoms with E-state index >= 15 is 0 Å². The molecule has 40 heavy (non-hydrogen) atoms. The van der Waals surface area contributed by atoms with Gasteiger partial charge in [0.1, 0.15) is 11.4 Å². The number of halogens is 5. The molecule has 0 aliphatic carbocycles. The van der Waals surface area contributed by atoms with Gasteiger partial charge in [0.05, 0.1) is 23.9 Å². The van der Waals surface area contributed by atoms with Crippen LogP contribution in [0, 0.1) is 13.8 Å². The molecule has 208 valence electrons. The number of hydrogen-bond donors (Lipinski definition) is 2. The molecule has 0 bridgehead atoms. The molecule has 0 spiro atoms. The van der Waals surface area contributed by atoms with Crippen molar-refractivity contribution in [1.29, 1.82) is 0 Å². The Morgan fingerprint density at radius 3 is 2.20 bits per heavy atom. The van der Waals surface area contributed by atoms with Crippen LogP contribution in [0.3, 0.4) is 0 Å². The van der Waals surface area contributed by atoms with E-state index in [9.17, 15) is 22.0 Å². The largest absolute Gasteiger partial charge is 0.499 e. The molecule has 0 amide bonds. The van der Waals surface area contributed by atoms with E-state index in [1.165, 1.54) is 16.8 Å². The molecule has 0 saturated carbocycles. The summed E-state index contributed by atoms with van der Waals surface area (Å²) in [7, 11) is 1.77. The van der Waals surface area contributed by atoms with Gasteiger partial charge in [0.2, 0.25) is 6.33 Å². The first kappa shape index (κ1) is 28.6. The molecule has 0 saturated heterocycles. The van der Waals surface area contributed by atoms with E-state index in [1.807, 2.05) is 56.3 Å². The Hall–Kier alpha value is -4.39. The SMILES string of the molecule is Cc1cccc(C)c1NC(=S)NN=Cc1ccc(-c2nn(-c3ccc(OC(F)(F)C(F)(F)F)cc3)c[n+]2C)cc1. The molecule has 0 fully saturated rings. The second-order valence-electron chi connectivity index (χ2n) is 8.82. The van der Waals surface area contributed by atoms with Crippen molar-refractivity contribution in [3.8, 4) is 22.8 Å². The first-order valence-corrected chi connectivity index (χ1v) is 12.2. The second kappa shape index (κ2) is 11.4. The van der Waals surface area contributed by atoms with Crippen LogP contribution in [0.5, 0.6) is 5.75 Å². The molecular weight excluding hydrogens is 551 g/mol. The van der Waals surface area contributed by atoms with Crippen molar-refractivity contribution in [3.63, 3.8) is 0 Å². The number of benzene rings is 3. The zero-order chi connectivity index (χ0) is 29.1. The number of para-hydroxylation sites is 1. The summed E-state index contributed by atoms with van der Waals surface area (Å²) in [6, 6.07) is 18.0. The lowest BCUT2D eigenvalue weighted by Crippen LogP contribution is -2.41. The van der Waals surface area contributed by atoms with Gasteiger partial charge in [-0.1, -0.05) is 35.0 Å². The maximum absolute atomic E-state index is 13.1. The third kappa shape index (κ3) is 6.60. The summed E-state index contributed by atoms with van der Waals surface area (Å²) in [5, 5.41) is 12.2. The molecule has 4 aromatic rings. The maximum atomic E-state index is 13.1. The number of aromatic nitrogens is 3. The lowest BCUT2D eigenvalue weighted by atomic mass is 10.1. The van der Waals surface area contributed by atoms with Crippen LogP contribution in [0.1, 0.15) is 16.7 Å². The molecule has 1 heterocycles. The summed E-state index contributed by atoms with van der Waals surface area (Å²) in [4.78, 5) is 0. The highest BCUT2D eigenvalue weighted by atomic mass is 32.1. The van der Waals surface area contributed by atoms with Gasteiger partial charge in [0.15, 0.2) is 5.11 Å². The number of nitrogens with zero attached hydrogens (tertiary/aromatic N) is 4. The molecule has 4 rings (SSSR count). The molecule has 1 aromatic heterocycles. The van der Waals surface area contributed by atoms with Gasteiger partial charge in [-0.2, -0.15) is 27.1 Å². The number of thiocarbonyl (C=S) groups is 1. The Bertz CT molecular complexity index is 1510. The van der Waals surface area contributed by atoms with Crippen molar-refractivity contribution in [2.45, 2.75) is 26.1 Å². The fraction of sp³-hybridized carbons (Fsp3) is 0.185. The average Bonchev–Trinajstić information content (AvgIpc) is 3.28. The number of hydrazone groups is 1. The Morgan fingerprint density at radius 1 is 0.975 bits per heavy atom. The van der Waals surface area contributed by atoms with Gasteiger partial charge in [-0.25, -0.2) is 4.57 Å². The molecule has 0 aliphatic rings. The van der Waals surface area contributed by atoms with Crippen molar-refractivity contribution in [1.82, 2.24) is 15.2 Å². The highest BCUT2D eigenvalue weighted by Crippen LogP contribution is 2.37. The number of alkyl halides is 5. The van der Waals surface area contributed by atoms with E-state index in [2.05, 4.69) is 25.7 Å². The zero-order valence-electron chi connectivity index (χ0n) is 21.5. The van der Waals surface area contributed by atoms with Gasteiger partial charge >= 0.3 is 18.1 Å². The number of ether oxygens (including phenoxy) is 1. The van der Waals surface area contributed by atoms with Crippen molar-refractivity contribution in [3.05, 3.63) is 89.7 Å². The number of anilines is 1. The van der Waals surface area contributed by atoms with Crippen LogP contribution in [-0.4, -0.2) is 33.4 Å². The van der Waals surface area contributed by atoms with Gasteiger partial charge in [-0.05, 0) is 79.2 Å². The predicted molar refractivity (Wildman–Crippen MR) is 145 cm³/mol. The quantitative estimate of drug-likeness (QED) is 0.0954. The minimum atomic E-state index is -5.82. The summed E-state index contributed by atoms with van der Waals surface area (Å²) >= 11 is 5.32. The second-order valence-corrected chi connectivity index (χ2v) is 9.23. The zero-order valence-corrected chi connectivity index (χ0v) is 22.3. The summed E-state index contributed by atoms with van der Waals surface area (Å²) in [5.41, 5.74) is 7.88. The van der Waals surface area contributed by atoms with Crippen LogP contribution in [-0.2, 0) is 7.05 Å². The molecule has 3 aromatic carbocycles. The van der Waals surface area contributed by atoms with Crippen LogP contribution in [0.2, 0.25) is 0 Å². The molecule has 13 heteroatoms. The monoisotopic (exact) mass is 575 g/mol. The minimum Gasteiger partial charge on any atom is -0.426 e. The first-order chi connectivity index (χ1) is 18.8. The summed E-state index contributed by atoms with van der Waals surface area (Å²) in [6.45, 7) is 3.98. The summed E-state index contributed by atoms with van der Waals surface area (Å²) in [5.74, 6) is -0.0408. The van der Waals surface area contributed by atoms with Crippen molar-refractivity contribution < 1.29 is 31.3 Å². The number of rotatable bonds is 7.